The molecule has 0 atom stereocenters. The Morgan fingerprint density at radius 3 is 2.38 bits per heavy atom. The van der Waals surface area contributed by atoms with Crippen LogP contribution in [0.5, 0.6) is 0 Å². The van der Waals surface area contributed by atoms with Gasteiger partial charge in [0.1, 0.15) is 18.1 Å². The fraction of sp³-hybridized carbons (Fsp3) is 0.182. The number of rotatable bonds is 5. The standard InChI is InChI=1S/C22H13F6N3O/c1-30-19-7-5-16(10-18(19)22(26,27)28)31(13-21(23,24)25)12-17-6-8-20(32-17)15-4-2-3-14(9-15)11-29/h2-10H,12-13H2. The molecule has 3 rings (SSSR count). The molecular formula is C22H13F6N3O. The minimum Gasteiger partial charge on any atom is -0.459 e. The van der Waals surface area contributed by atoms with Crippen LogP contribution in [-0.4, -0.2) is 12.7 Å². The zero-order chi connectivity index (χ0) is 23.5. The van der Waals surface area contributed by atoms with Crippen molar-refractivity contribution < 1.29 is 30.8 Å². The molecule has 0 amide bonds. The normalized spacial score (nSPS) is 11.6. The molecule has 0 saturated heterocycles. The van der Waals surface area contributed by atoms with E-state index < -0.39 is 36.7 Å². The first kappa shape index (κ1) is 22.8. The Balaban J connectivity index is 1.96. The average molecular weight is 449 g/mol. The lowest BCUT2D eigenvalue weighted by molar-refractivity contribution is -0.136. The molecule has 0 unspecified atom stereocenters. The molecule has 0 fully saturated rings. The van der Waals surface area contributed by atoms with E-state index in [1.807, 2.05) is 6.07 Å². The molecule has 4 nitrogen and oxygen atoms in total. The van der Waals surface area contributed by atoms with Crippen LogP contribution in [0.3, 0.4) is 0 Å². The molecule has 164 valence electrons. The van der Waals surface area contributed by atoms with Crippen molar-refractivity contribution in [3.05, 3.63) is 82.9 Å². The van der Waals surface area contributed by atoms with Crippen molar-refractivity contribution in [3.8, 4) is 17.4 Å². The SMILES string of the molecule is [C-]#[N+]c1ccc(N(Cc2ccc(-c3cccc(C#N)c3)o2)CC(F)(F)F)cc1C(F)(F)F. The summed E-state index contributed by atoms with van der Waals surface area (Å²) in [5, 5.41) is 8.99. The van der Waals surface area contributed by atoms with Gasteiger partial charge >= 0.3 is 12.4 Å². The van der Waals surface area contributed by atoms with Crippen molar-refractivity contribution in [2.75, 3.05) is 11.4 Å². The molecule has 0 N–H and O–H groups in total. The van der Waals surface area contributed by atoms with Crippen molar-refractivity contribution in [2.45, 2.75) is 18.9 Å². The molecule has 32 heavy (non-hydrogen) atoms. The second-order valence-electron chi connectivity index (χ2n) is 6.74. The Hall–Kier alpha value is -3.92. The molecule has 2 aromatic carbocycles. The Bertz CT molecular complexity index is 1200. The first-order valence-electron chi connectivity index (χ1n) is 9.00. The summed E-state index contributed by atoms with van der Waals surface area (Å²) in [6.45, 7) is 4.88. The van der Waals surface area contributed by atoms with Gasteiger partial charge in [-0.3, -0.25) is 0 Å². The van der Waals surface area contributed by atoms with Gasteiger partial charge in [0.25, 0.3) is 0 Å². The Kier molecular flexibility index (Phi) is 6.17. The van der Waals surface area contributed by atoms with E-state index in [0.29, 0.717) is 27.9 Å². The van der Waals surface area contributed by atoms with Crippen molar-refractivity contribution in [1.82, 2.24) is 0 Å². The summed E-state index contributed by atoms with van der Waals surface area (Å²) in [6, 6.07) is 13.7. The van der Waals surface area contributed by atoms with E-state index in [0.717, 1.165) is 12.1 Å². The quantitative estimate of drug-likeness (QED) is 0.313. The van der Waals surface area contributed by atoms with E-state index in [9.17, 15) is 26.3 Å². The maximum absolute atomic E-state index is 13.3. The molecule has 1 heterocycles. The molecule has 1 aromatic heterocycles. The number of nitriles is 1. The number of furan rings is 1. The lowest BCUT2D eigenvalue weighted by Crippen LogP contribution is -2.33. The summed E-state index contributed by atoms with van der Waals surface area (Å²) >= 11 is 0. The summed E-state index contributed by atoms with van der Waals surface area (Å²) in [5.41, 5.74) is -1.49. The van der Waals surface area contributed by atoms with Gasteiger partial charge in [-0.25, -0.2) is 4.85 Å². The van der Waals surface area contributed by atoms with Crippen LogP contribution in [0.25, 0.3) is 16.2 Å². The van der Waals surface area contributed by atoms with E-state index in [-0.39, 0.29) is 11.4 Å². The zero-order valence-corrected chi connectivity index (χ0v) is 16.1. The number of anilines is 1. The largest absolute Gasteiger partial charge is 0.459 e. The third-order valence-corrected chi connectivity index (χ3v) is 4.43. The van der Waals surface area contributed by atoms with Crippen LogP contribution in [0, 0.1) is 17.9 Å². The highest BCUT2D eigenvalue weighted by atomic mass is 19.4. The number of benzene rings is 2. The Morgan fingerprint density at radius 2 is 1.75 bits per heavy atom. The summed E-state index contributed by atoms with van der Waals surface area (Å²) < 4.78 is 84.9. The van der Waals surface area contributed by atoms with Crippen LogP contribution in [0.4, 0.5) is 37.7 Å². The van der Waals surface area contributed by atoms with Gasteiger partial charge in [-0.2, -0.15) is 31.6 Å². The summed E-state index contributed by atoms with van der Waals surface area (Å²) in [7, 11) is 0. The van der Waals surface area contributed by atoms with E-state index in [1.165, 1.54) is 18.2 Å². The average Bonchev–Trinajstić information content (AvgIpc) is 3.20. The minimum absolute atomic E-state index is 0.0782. The summed E-state index contributed by atoms with van der Waals surface area (Å²) in [6.07, 6.45) is -9.60. The van der Waals surface area contributed by atoms with Gasteiger partial charge in [-0.1, -0.05) is 18.2 Å². The molecule has 3 aromatic rings. The lowest BCUT2D eigenvalue weighted by Gasteiger charge is -2.26. The van der Waals surface area contributed by atoms with Gasteiger partial charge in [0.15, 0.2) is 5.69 Å². The predicted octanol–water partition coefficient (Wildman–Crippen LogP) is 6.96. The molecular weight excluding hydrogens is 436 g/mol. The second-order valence-corrected chi connectivity index (χ2v) is 6.74. The van der Waals surface area contributed by atoms with Crippen molar-refractivity contribution in [1.29, 1.82) is 5.26 Å². The maximum atomic E-state index is 13.3. The molecule has 0 bridgehead atoms. The number of hydrogen-bond donors (Lipinski definition) is 0. The molecule has 0 spiro atoms. The lowest BCUT2D eigenvalue weighted by atomic mass is 10.1. The second kappa shape index (κ2) is 8.67. The first-order chi connectivity index (χ1) is 15.0. The van der Waals surface area contributed by atoms with Crippen LogP contribution in [0.1, 0.15) is 16.9 Å². The van der Waals surface area contributed by atoms with Crippen LogP contribution < -0.4 is 4.90 Å². The van der Waals surface area contributed by atoms with Crippen LogP contribution >= 0.6 is 0 Å². The molecule has 0 aliphatic rings. The molecule has 0 aliphatic carbocycles. The van der Waals surface area contributed by atoms with Crippen LogP contribution in [-0.2, 0) is 12.7 Å². The highest BCUT2D eigenvalue weighted by Gasteiger charge is 2.36. The Labute approximate surface area is 178 Å². The number of alkyl halides is 6. The molecule has 10 heteroatoms. The monoisotopic (exact) mass is 449 g/mol. The fourth-order valence-electron chi connectivity index (χ4n) is 3.05. The predicted molar refractivity (Wildman–Crippen MR) is 104 cm³/mol. The first-order valence-corrected chi connectivity index (χ1v) is 9.00. The van der Waals surface area contributed by atoms with Crippen LogP contribution in [0.15, 0.2) is 59.0 Å². The minimum atomic E-state index is -4.90. The number of hydrogen-bond acceptors (Lipinski definition) is 3. The van der Waals surface area contributed by atoms with Gasteiger partial charge in [0, 0.05) is 11.3 Å². The van der Waals surface area contributed by atoms with E-state index in [4.69, 9.17) is 16.3 Å². The third-order valence-electron chi connectivity index (χ3n) is 4.43. The molecule has 0 aliphatic heterocycles. The maximum Gasteiger partial charge on any atom is 0.407 e. The number of nitrogens with zero attached hydrogens (tertiary/aromatic N) is 3. The van der Waals surface area contributed by atoms with Gasteiger partial charge in [-0.15, -0.1) is 0 Å². The third kappa shape index (κ3) is 5.41. The fourth-order valence-corrected chi connectivity index (χ4v) is 3.05. The number of halogens is 6. The van der Waals surface area contributed by atoms with Crippen molar-refractivity contribution in [2.24, 2.45) is 0 Å². The molecule has 0 radical (unpaired) electrons. The Morgan fingerprint density at radius 1 is 1.00 bits per heavy atom. The van der Waals surface area contributed by atoms with E-state index in [1.54, 1.807) is 18.2 Å². The highest BCUT2D eigenvalue weighted by Crippen LogP contribution is 2.39. The van der Waals surface area contributed by atoms with Crippen molar-refractivity contribution >= 4 is 11.4 Å². The summed E-state index contributed by atoms with van der Waals surface area (Å²) in [5.74, 6) is 0.373. The highest BCUT2D eigenvalue weighted by molar-refractivity contribution is 5.63. The van der Waals surface area contributed by atoms with Gasteiger partial charge < -0.3 is 9.32 Å². The van der Waals surface area contributed by atoms with Gasteiger partial charge in [0.2, 0.25) is 0 Å². The smallest absolute Gasteiger partial charge is 0.407 e. The molecule has 0 saturated carbocycles. The summed E-state index contributed by atoms with van der Waals surface area (Å²) in [4.78, 5) is 3.49. The zero-order valence-electron chi connectivity index (χ0n) is 16.1. The van der Waals surface area contributed by atoms with Crippen molar-refractivity contribution in [3.63, 3.8) is 0 Å². The van der Waals surface area contributed by atoms with Crippen LogP contribution in [0.2, 0.25) is 0 Å². The van der Waals surface area contributed by atoms with Gasteiger partial charge in [-0.05, 0) is 36.4 Å². The van der Waals surface area contributed by atoms with E-state index in [2.05, 4.69) is 4.85 Å². The van der Waals surface area contributed by atoms with E-state index >= 15 is 0 Å². The topological polar surface area (TPSA) is 44.5 Å². The van der Waals surface area contributed by atoms with Gasteiger partial charge in [0.05, 0.1) is 30.3 Å².